The van der Waals surface area contributed by atoms with Crippen molar-refractivity contribution in [3.05, 3.63) is 47.5 Å². The second-order valence-electron chi connectivity index (χ2n) is 19.1. The molecule has 0 heterocycles. The van der Waals surface area contributed by atoms with Gasteiger partial charge in [0.2, 0.25) is 5.91 Å². The van der Waals surface area contributed by atoms with E-state index < -0.39 is 34.7 Å². The van der Waals surface area contributed by atoms with Gasteiger partial charge in [-0.2, -0.15) is 0 Å². The van der Waals surface area contributed by atoms with E-state index in [4.69, 9.17) is 9.84 Å². The van der Waals surface area contributed by atoms with Crippen LogP contribution in [0.2, 0.25) is 0 Å². The Morgan fingerprint density at radius 3 is 2.21 bits per heavy atom. The van der Waals surface area contributed by atoms with E-state index in [-0.39, 0.29) is 76.5 Å². The highest BCUT2D eigenvalue weighted by Gasteiger charge is 2.70. The fourth-order valence-electron chi connectivity index (χ4n) is 12.5. The van der Waals surface area contributed by atoms with Gasteiger partial charge in [-0.1, -0.05) is 77.4 Å². The number of rotatable bonds is 9. The van der Waals surface area contributed by atoms with Crippen LogP contribution in [0.15, 0.2) is 42.0 Å². The number of benzene rings is 1. The van der Waals surface area contributed by atoms with Crippen LogP contribution in [-0.2, 0) is 35.3 Å². The third kappa shape index (κ3) is 6.02. The average molecular weight is 718 g/mol. The van der Waals surface area contributed by atoms with Crippen molar-refractivity contribution in [3.63, 3.8) is 0 Å². The fraction of sp³-hybridized carbons (Fsp3) is 0.698. The molecule has 4 fully saturated rings. The second kappa shape index (κ2) is 13.1. The van der Waals surface area contributed by atoms with Crippen molar-refractivity contribution < 1.29 is 38.9 Å². The van der Waals surface area contributed by atoms with Crippen LogP contribution < -0.4 is 5.32 Å². The first-order valence-electron chi connectivity index (χ1n) is 19.4. The highest BCUT2D eigenvalue weighted by Crippen LogP contribution is 2.75. The van der Waals surface area contributed by atoms with Crippen LogP contribution in [0.1, 0.15) is 125 Å². The number of hydrogen-bond acceptors (Lipinski definition) is 6. The fourth-order valence-corrected chi connectivity index (χ4v) is 12.5. The Hall–Kier alpha value is -3.49. The molecule has 0 spiro atoms. The van der Waals surface area contributed by atoms with Crippen LogP contribution >= 0.6 is 0 Å². The molecule has 4 saturated carbocycles. The van der Waals surface area contributed by atoms with Crippen molar-refractivity contribution in [2.24, 2.45) is 56.2 Å². The molecule has 10 atom stereocenters. The summed E-state index contributed by atoms with van der Waals surface area (Å²) in [5, 5.41) is 21.5. The third-order valence-electron chi connectivity index (χ3n) is 15.9. The van der Waals surface area contributed by atoms with E-state index in [0.717, 1.165) is 44.1 Å². The van der Waals surface area contributed by atoms with Gasteiger partial charge in [-0.05, 0) is 122 Å². The zero-order chi connectivity index (χ0) is 38.1. The van der Waals surface area contributed by atoms with Crippen LogP contribution in [0.5, 0.6) is 0 Å². The van der Waals surface area contributed by atoms with Crippen LogP contribution in [0.4, 0.5) is 0 Å². The first kappa shape index (κ1) is 38.2. The number of ether oxygens (including phenoxy) is 1. The van der Waals surface area contributed by atoms with E-state index in [1.54, 1.807) is 0 Å². The molecule has 6 rings (SSSR count). The van der Waals surface area contributed by atoms with Gasteiger partial charge in [0.15, 0.2) is 5.78 Å². The monoisotopic (exact) mass is 717 g/mol. The number of carbonyl (C=O) groups excluding carboxylic acids is 3. The molecule has 1 aromatic carbocycles. The summed E-state index contributed by atoms with van der Waals surface area (Å²) >= 11 is 0. The quantitative estimate of drug-likeness (QED) is 0.220. The molecule has 52 heavy (non-hydrogen) atoms. The maximum Gasteiger partial charge on any atom is 0.326 e. The van der Waals surface area contributed by atoms with Crippen LogP contribution in [0, 0.1) is 56.2 Å². The molecule has 1 aromatic rings. The summed E-state index contributed by atoms with van der Waals surface area (Å²) < 4.78 is 5.94. The molecule has 9 nitrogen and oxygen atoms in total. The predicted octanol–water partition coefficient (Wildman–Crippen LogP) is 7.76. The van der Waals surface area contributed by atoms with Crippen molar-refractivity contribution in [1.29, 1.82) is 0 Å². The van der Waals surface area contributed by atoms with E-state index in [1.807, 2.05) is 36.4 Å². The Bertz CT molecular complexity index is 1670. The van der Waals surface area contributed by atoms with Crippen molar-refractivity contribution in [2.75, 3.05) is 0 Å². The zero-order valence-electron chi connectivity index (χ0n) is 32.2. The summed E-state index contributed by atoms with van der Waals surface area (Å²) in [6.45, 7) is 15.8. The standard InChI is InChI=1S/C43H59NO8/c1-38(2)27(35(48)44-30(36(49)50)13-14-33(46)47)15-17-41(5)32(38)16-18-43(7)34(41)31(45)23-28-29-24-40(4,20-19-39(29,3)21-22-42(28,43)6)37(51)52-25-26-11-9-8-10-12-26/h8-12,23,27,29-30,32,34H,13-22,24-25H2,1-7H3,(H,44,48)(H,46,47)(H,49,50)/t27-,29+,30?,32+,34-,39-,40+,41+,42-,43-/m1/s1. The van der Waals surface area contributed by atoms with E-state index in [1.165, 1.54) is 5.57 Å². The van der Waals surface area contributed by atoms with Crippen LogP contribution in [0.25, 0.3) is 0 Å². The average Bonchev–Trinajstić information content (AvgIpc) is 3.07. The number of esters is 1. The van der Waals surface area contributed by atoms with Gasteiger partial charge in [-0.3, -0.25) is 19.2 Å². The highest BCUT2D eigenvalue weighted by atomic mass is 16.5. The summed E-state index contributed by atoms with van der Waals surface area (Å²) in [4.78, 5) is 65.4. The molecule has 1 amide bonds. The molecular weight excluding hydrogens is 658 g/mol. The first-order valence-corrected chi connectivity index (χ1v) is 19.4. The molecule has 1 unspecified atom stereocenters. The van der Waals surface area contributed by atoms with Crippen molar-refractivity contribution in [1.82, 2.24) is 5.32 Å². The van der Waals surface area contributed by atoms with Gasteiger partial charge in [-0.15, -0.1) is 0 Å². The SMILES string of the molecule is CC1(C)[C@@H](C(=O)NC(CCC(=O)O)C(=O)O)CC[C@]2(C)[C@H]3C(=O)C=C4[C@@H]5C[C@@](C)(C(=O)OCc6ccccc6)CC[C@]5(C)CC[C@@]4(C)[C@]3(C)CC[C@@H]12. The Morgan fingerprint density at radius 2 is 1.56 bits per heavy atom. The Labute approximate surface area is 308 Å². The van der Waals surface area contributed by atoms with Crippen LogP contribution in [-0.4, -0.2) is 45.9 Å². The Morgan fingerprint density at radius 1 is 0.885 bits per heavy atom. The van der Waals surface area contributed by atoms with E-state index in [9.17, 15) is 29.1 Å². The summed E-state index contributed by atoms with van der Waals surface area (Å²) in [5.74, 6) is -3.23. The number of allylic oxidation sites excluding steroid dienone is 2. The molecule has 5 aliphatic rings. The number of ketones is 1. The lowest BCUT2D eigenvalue weighted by molar-refractivity contribution is -0.195. The van der Waals surface area contributed by atoms with Gasteiger partial charge < -0.3 is 20.3 Å². The number of hydrogen-bond donors (Lipinski definition) is 3. The summed E-state index contributed by atoms with van der Waals surface area (Å²) in [7, 11) is 0. The van der Waals surface area contributed by atoms with E-state index in [0.29, 0.717) is 19.3 Å². The minimum Gasteiger partial charge on any atom is -0.481 e. The Balaban J connectivity index is 1.26. The minimum absolute atomic E-state index is 0.000827. The van der Waals surface area contributed by atoms with Crippen molar-refractivity contribution in [2.45, 2.75) is 132 Å². The molecule has 284 valence electrons. The lowest BCUT2D eigenvalue weighted by atomic mass is 9.33. The number of carbonyl (C=O) groups is 5. The molecule has 5 aliphatic carbocycles. The van der Waals surface area contributed by atoms with Gasteiger partial charge in [0, 0.05) is 18.3 Å². The largest absolute Gasteiger partial charge is 0.481 e. The molecule has 0 radical (unpaired) electrons. The molecule has 0 bridgehead atoms. The number of carboxylic acids is 2. The van der Waals surface area contributed by atoms with E-state index >= 15 is 0 Å². The van der Waals surface area contributed by atoms with Crippen LogP contribution in [0.3, 0.4) is 0 Å². The van der Waals surface area contributed by atoms with E-state index in [2.05, 4.69) is 53.8 Å². The maximum atomic E-state index is 14.8. The highest BCUT2D eigenvalue weighted by molar-refractivity contribution is 5.96. The van der Waals surface area contributed by atoms with Gasteiger partial charge in [-0.25, -0.2) is 4.79 Å². The number of nitrogens with one attached hydrogen (secondary N) is 1. The molecule has 9 heteroatoms. The number of aliphatic carboxylic acids is 2. The maximum absolute atomic E-state index is 14.8. The molecule has 0 aliphatic heterocycles. The number of fused-ring (bicyclic) bond motifs is 7. The first-order chi connectivity index (χ1) is 24.2. The summed E-state index contributed by atoms with van der Waals surface area (Å²) in [5.41, 5.74) is 0.129. The smallest absolute Gasteiger partial charge is 0.326 e. The van der Waals surface area contributed by atoms with Gasteiger partial charge in [0.1, 0.15) is 12.6 Å². The lowest BCUT2D eigenvalue weighted by Gasteiger charge is -2.70. The Kier molecular flexibility index (Phi) is 9.65. The topological polar surface area (TPSA) is 147 Å². The van der Waals surface area contributed by atoms with Crippen molar-refractivity contribution >= 4 is 29.6 Å². The zero-order valence-corrected chi connectivity index (χ0v) is 32.2. The summed E-state index contributed by atoms with van der Waals surface area (Å²) in [6, 6.07) is 8.50. The molecule has 0 saturated heterocycles. The molecule has 3 N–H and O–H groups in total. The lowest BCUT2D eigenvalue weighted by Crippen LogP contribution is -2.66. The second-order valence-corrected chi connectivity index (χ2v) is 19.1. The number of carboxylic acid groups (broad SMARTS) is 2. The minimum atomic E-state index is -1.27. The van der Waals surface area contributed by atoms with Gasteiger partial charge in [0.05, 0.1) is 5.41 Å². The molecule has 0 aromatic heterocycles. The van der Waals surface area contributed by atoms with Crippen molar-refractivity contribution in [3.8, 4) is 0 Å². The third-order valence-corrected chi connectivity index (χ3v) is 15.9. The number of amides is 1. The predicted molar refractivity (Wildman–Crippen MR) is 196 cm³/mol. The normalized spacial score (nSPS) is 39.7. The summed E-state index contributed by atoms with van der Waals surface area (Å²) in [6.07, 6.45) is 8.72. The van der Waals surface area contributed by atoms with Gasteiger partial charge in [0.25, 0.3) is 0 Å². The molecular formula is C43H59NO8. The van der Waals surface area contributed by atoms with Gasteiger partial charge >= 0.3 is 17.9 Å².